The summed E-state index contributed by atoms with van der Waals surface area (Å²) >= 11 is 4.64. The highest BCUT2D eigenvalue weighted by Crippen LogP contribution is 2.05. The maximum absolute atomic E-state index is 5.37. The van der Waals surface area contributed by atoms with Crippen LogP contribution in [-0.4, -0.2) is 17.6 Å². The minimum absolute atomic E-state index is 0.0155. The van der Waals surface area contributed by atoms with Gasteiger partial charge in [0.15, 0.2) is 0 Å². The standard InChI is InChI=1S/C7H14OS/c1-7(2,3)8-5-4-6-9/h6H,4-5H2,1-3H3. The van der Waals surface area contributed by atoms with Gasteiger partial charge < -0.3 is 4.74 Å². The molecule has 0 aromatic rings. The van der Waals surface area contributed by atoms with E-state index in [0.717, 1.165) is 13.0 Å². The number of hydrogen-bond acceptors (Lipinski definition) is 2. The zero-order valence-corrected chi connectivity index (χ0v) is 7.12. The quantitative estimate of drug-likeness (QED) is 0.446. The van der Waals surface area contributed by atoms with Gasteiger partial charge in [0.25, 0.3) is 0 Å². The fourth-order valence-corrected chi connectivity index (χ4v) is 0.509. The minimum atomic E-state index is -0.0155. The first-order valence-corrected chi connectivity index (χ1v) is 3.61. The van der Waals surface area contributed by atoms with E-state index in [1.165, 1.54) is 0 Å². The molecule has 0 N–H and O–H groups in total. The van der Waals surface area contributed by atoms with E-state index in [4.69, 9.17) is 4.74 Å². The number of rotatable bonds is 3. The normalized spacial score (nSPS) is 11.4. The lowest BCUT2D eigenvalue weighted by atomic mass is 10.2. The molecule has 0 spiro atoms. The van der Waals surface area contributed by atoms with E-state index in [1.54, 1.807) is 5.37 Å². The molecule has 0 aliphatic carbocycles. The Hall–Kier alpha value is 0.0500. The average Bonchev–Trinajstić information content (AvgIpc) is 1.63. The molecule has 0 radical (unpaired) electrons. The van der Waals surface area contributed by atoms with Gasteiger partial charge in [0.05, 0.1) is 12.2 Å². The van der Waals surface area contributed by atoms with Crippen molar-refractivity contribution in [1.29, 1.82) is 0 Å². The van der Waals surface area contributed by atoms with Crippen LogP contribution in [0, 0.1) is 0 Å². The highest BCUT2D eigenvalue weighted by molar-refractivity contribution is 7.78. The second-order valence-electron chi connectivity index (χ2n) is 2.92. The van der Waals surface area contributed by atoms with Crippen molar-refractivity contribution in [3.8, 4) is 0 Å². The molecule has 0 saturated carbocycles. The topological polar surface area (TPSA) is 9.23 Å². The van der Waals surface area contributed by atoms with Crippen molar-refractivity contribution in [2.24, 2.45) is 0 Å². The van der Waals surface area contributed by atoms with Crippen molar-refractivity contribution in [3.63, 3.8) is 0 Å². The van der Waals surface area contributed by atoms with Crippen LogP contribution >= 0.6 is 12.2 Å². The van der Waals surface area contributed by atoms with Gasteiger partial charge in [-0.15, -0.1) is 0 Å². The smallest absolute Gasteiger partial charge is 0.0598 e. The Morgan fingerprint density at radius 1 is 1.44 bits per heavy atom. The number of ether oxygens (including phenoxy) is 1. The Kier molecular flexibility index (Phi) is 3.98. The zero-order valence-electron chi connectivity index (χ0n) is 6.31. The average molecular weight is 146 g/mol. The van der Waals surface area contributed by atoms with E-state index >= 15 is 0 Å². The Morgan fingerprint density at radius 3 is 2.33 bits per heavy atom. The van der Waals surface area contributed by atoms with Crippen molar-refractivity contribution < 1.29 is 4.74 Å². The highest BCUT2D eigenvalue weighted by Gasteiger charge is 2.07. The maximum Gasteiger partial charge on any atom is 0.0598 e. The number of thiocarbonyl (C=S) groups is 1. The van der Waals surface area contributed by atoms with Crippen molar-refractivity contribution in [1.82, 2.24) is 0 Å². The summed E-state index contributed by atoms with van der Waals surface area (Å²) < 4.78 is 5.37. The molecule has 0 bridgehead atoms. The summed E-state index contributed by atoms with van der Waals surface area (Å²) in [7, 11) is 0. The van der Waals surface area contributed by atoms with Crippen LogP contribution < -0.4 is 0 Å². The molecule has 9 heavy (non-hydrogen) atoms. The molecule has 0 unspecified atom stereocenters. The van der Waals surface area contributed by atoms with Gasteiger partial charge in [0.1, 0.15) is 0 Å². The fraction of sp³-hybridized carbons (Fsp3) is 0.857. The second kappa shape index (κ2) is 3.96. The van der Waals surface area contributed by atoms with Crippen molar-refractivity contribution in [2.45, 2.75) is 32.8 Å². The molecular formula is C7H14OS. The Balaban J connectivity index is 3.17. The van der Waals surface area contributed by atoms with Crippen LogP contribution in [0.3, 0.4) is 0 Å². The Morgan fingerprint density at radius 2 is 2.00 bits per heavy atom. The maximum atomic E-state index is 5.37. The summed E-state index contributed by atoms with van der Waals surface area (Å²) in [4.78, 5) is 0. The van der Waals surface area contributed by atoms with E-state index in [-0.39, 0.29) is 5.60 Å². The van der Waals surface area contributed by atoms with E-state index in [1.807, 2.05) is 20.8 Å². The minimum Gasteiger partial charge on any atom is -0.376 e. The monoisotopic (exact) mass is 146 g/mol. The lowest BCUT2D eigenvalue weighted by Gasteiger charge is -2.18. The molecule has 0 aromatic carbocycles. The molecular weight excluding hydrogens is 132 g/mol. The SMILES string of the molecule is CC(C)(C)OCCC=S. The third-order valence-electron chi connectivity index (χ3n) is 0.771. The summed E-state index contributed by atoms with van der Waals surface area (Å²) in [5, 5.41) is 1.70. The summed E-state index contributed by atoms with van der Waals surface area (Å²) in [6.07, 6.45) is 0.868. The molecule has 0 aliphatic heterocycles. The summed E-state index contributed by atoms with van der Waals surface area (Å²) in [6, 6.07) is 0. The first-order chi connectivity index (χ1) is 4.06. The Labute approximate surface area is 62.4 Å². The molecule has 0 atom stereocenters. The molecule has 0 aromatic heterocycles. The van der Waals surface area contributed by atoms with E-state index in [9.17, 15) is 0 Å². The third-order valence-corrected chi connectivity index (χ3v) is 1.01. The lowest BCUT2D eigenvalue weighted by molar-refractivity contribution is 0.00180. The predicted molar refractivity (Wildman–Crippen MR) is 44.0 cm³/mol. The number of hydrogen-bond donors (Lipinski definition) is 0. The van der Waals surface area contributed by atoms with E-state index < -0.39 is 0 Å². The van der Waals surface area contributed by atoms with Gasteiger partial charge in [-0.1, -0.05) is 12.2 Å². The van der Waals surface area contributed by atoms with Crippen molar-refractivity contribution in [2.75, 3.05) is 6.61 Å². The second-order valence-corrected chi connectivity index (χ2v) is 3.25. The third kappa shape index (κ3) is 8.05. The predicted octanol–water partition coefficient (Wildman–Crippen LogP) is 2.19. The zero-order chi connectivity index (χ0) is 7.33. The van der Waals surface area contributed by atoms with Crippen LogP contribution in [0.4, 0.5) is 0 Å². The van der Waals surface area contributed by atoms with Crippen molar-refractivity contribution in [3.05, 3.63) is 0 Å². The Bertz CT molecular complexity index is 83.4. The summed E-state index contributed by atoms with van der Waals surface area (Å²) in [5.41, 5.74) is -0.0155. The lowest BCUT2D eigenvalue weighted by Crippen LogP contribution is -2.19. The van der Waals surface area contributed by atoms with Crippen LogP contribution in [0.2, 0.25) is 0 Å². The van der Waals surface area contributed by atoms with Gasteiger partial charge in [-0.3, -0.25) is 0 Å². The molecule has 1 nitrogen and oxygen atoms in total. The van der Waals surface area contributed by atoms with E-state index in [2.05, 4.69) is 12.2 Å². The molecule has 54 valence electrons. The van der Waals surface area contributed by atoms with Crippen LogP contribution in [0.5, 0.6) is 0 Å². The molecule has 0 fully saturated rings. The molecule has 0 aliphatic rings. The van der Waals surface area contributed by atoms with Crippen LogP contribution in [0.25, 0.3) is 0 Å². The summed E-state index contributed by atoms with van der Waals surface area (Å²) in [5.74, 6) is 0. The molecule has 0 heterocycles. The fourth-order valence-electron chi connectivity index (χ4n) is 0.413. The van der Waals surface area contributed by atoms with Crippen LogP contribution in [0.1, 0.15) is 27.2 Å². The van der Waals surface area contributed by atoms with Crippen LogP contribution in [-0.2, 0) is 4.74 Å². The molecule has 0 saturated heterocycles. The first-order valence-electron chi connectivity index (χ1n) is 3.14. The first kappa shape index (κ1) is 9.05. The van der Waals surface area contributed by atoms with Gasteiger partial charge in [0.2, 0.25) is 0 Å². The highest BCUT2D eigenvalue weighted by atomic mass is 32.1. The van der Waals surface area contributed by atoms with Gasteiger partial charge >= 0.3 is 0 Å². The molecule has 0 amide bonds. The van der Waals surface area contributed by atoms with Gasteiger partial charge in [0, 0.05) is 0 Å². The van der Waals surface area contributed by atoms with E-state index in [0.29, 0.717) is 0 Å². The van der Waals surface area contributed by atoms with Gasteiger partial charge in [-0.25, -0.2) is 0 Å². The van der Waals surface area contributed by atoms with Crippen LogP contribution in [0.15, 0.2) is 0 Å². The summed E-state index contributed by atoms with van der Waals surface area (Å²) in [6.45, 7) is 6.86. The van der Waals surface area contributed by atoms with Gasteiger partial charge in [-0.2, -0.15) is 0 Å². The van der Waals surface area contributed by atoms with Gasteiger partial charge in [-0.05, 0) is 32.6 Å². The molecule has 0 rings (SSSR count). The van der Waals surface area contributed by atoms with Crippen molar-refractivity contribution >= 4 is 17.6 Å². The molecule has 2 heteroatoms. The largest absolute Gasteiger partial charge is 0.376 e.